The van der Waals surface area contributed by atoms with Crippen LogP contribution in [0.1, 0.15) is 23.7 Å². The van der Waals surface area contributed by atoms with Crippen LogP contribution in [0.25, 0.3) is 0 Å². The minimum absolute atomic E-state index is 0.0134. The number of carbonyl (C=O) groups is 1. The molecule has 0 radical (unpaired) electrons. The number of aryl methyl sites for hydroxylation is 1. The number of hydrogen-bond donors (Lipinski definition) is 2. The summed E-state index contributed by atoms with van der Waals surface area (Å²) in [5, 5.41) is 2.61. The number of nitrogens with two attached hydrogens (primary N) is 1. The summed E-state index contributed by atoms with van der Waals surface area (Å²) in [7, 11) is 0. The number of ether oxygens (including phenoxy) is 1. The second-order valence-corrected chi connectivity index (χ2v) is 7.36. The molecule has 25 heavy (non-hydrogen) atoms. The van der Waals surface area contributed by atoms with Gasteiger partial charge in [0.25, 0.3) is 0 Å². The van der Waals surface area contributed by atoms with Gasteiger partial charge in [-0.05, 0) is 42.2 Å². The zero-order chi connectivity index (χ0) is 17.6. The van der Waals surface area contributed by atoms with E-state index < -0.39 is 0 Å². The van der Waals surface area contributed by atoms with Crippen LogP contribution in [0.2, 0.25) is 0 Å². The summed E-state index contributed by atoms with van der Waals surface area (Å²) in [6.45, 7) is 2.71. The van der Waals surface area contributed by atoms with E-state index in [1.54, 1.807) is 0 Å². The highest BCUT2D eigenvalue weighted by Crippen LogP contribution is 2.24. The average Bonchev–Trinajstić information content (AvgIpc) is 2.94. The monoisotopic (exact) mass is 357 g/mol. The molecule has 0 bridgehead atoms. The highest BCUT2D eigenvalue weighted by atomic mass is 32.2. The highest BCUT2D eigenvalue weighted by molar-refractivity contribution is 8.01. The Morgan fingerprint density at radius 2 is 1.96 bits per heavy atom. The molecule has 1 amide bonds. The lowest BCUT2D eigenvalue weighted by Gasteiger charge is -2.09. The Kier molecular flexibility index (Phi) is 5.94. The van der Waals surface area contributed by atoms with Gasteiger partial charge in [0.1, 0.15) is 11.2 Å². The molecule has 2 aromatic rings. The Morgan fingerprint density at radius 3 is 2.56 bits per heavy atom. The first-order valence-electron chi connectivity index (χ1n) is 8.51. The molecule has 2 heterocycles. The van der Waals surface area contributed by atoms with Crippen LogP contribution in [-0.2, 0) is 24.1 Å². The summed E-state index contributed by atoms with van der Waals surface area (Å²) in [4.78, 5) is 16.2. The fourth-order valence-corrected chi connectivity index (χ4v) is 3.69. The van der Waals surface area contributed by atoms with Crippen molar-refractivity contribution >= 4 is 17.7 Å². The van der Waals surface area contributed by atoms with E-state index >= 15 is 0 Å². The molecular formula is C19H23N3O2S. The maximum atomic E-state index is 11.7. The number of aromatic nitrogens is 1. The number of carbonyl (C=O) groups excluding carboxylic acids is 1. The molecular weight excluding hydrogens is 334 g/mol. The van der Waals surface area contributed by atoms with Gasteiger partial charge in [-0.1, -0.05) is 25.1 Å². The third kappa shape index (κ3) is 4.96. The van der Waals surface area contributed by atoms with Crippen molar-refractivity contribution in [3.8, 4) is 5.75 Å². The Morgan fingerprint density at radius 1 is 1.20 bits per heavy atom. The van der Waals surface area contributed by atoms with E-state index in [2.05, 4.69) is 29.4 Å². The van der Waals surface area contributed by atoms with Crippen molar-refractivity contribution in [3.05, 3.63) is 59.4 Å². The molecule has 0 saturated carbocycles. The Hall–Kier alpha value is -2.05. The summed E-state index contributed by atoms with van der Waals surface area (Å²) >= 11 is 1.47. The zero-order valence-corrected chi connectivity index (χ0v) is 15.1. The molecule has 1 aromatic heterocycles. The topological polar surface area (TPSA) is 77.2 Å². The van der Waals surface area contributed by atoms with E-state index in [0.717, 1.165) is 29.8 Å². The molecule has 6 heteroatoms. The number of hydrogen-bond acceptors (Lipinski definition) is 5. The van der Waals surface area contributed by atoms with E-state index in [-0.39, 0.29) is 16.7 Å². The minimum Gasteiger partial charge on any atom is -0.493 e. The lowest BCUT2D eigenvalue weighted by Crippen LogP contribution is -2.33. The van der Waals surface area contributed by atoms with E-state index in [0.29, 0.717) is 13.0 Å². The maximum Gasteiger partial charge on any atom is 0.235 e. The van der Waals surface area contributed by atoms with Gasteiger partial charge in [-0.2, -0.15) is 0 Å². The number of thioether (sulfide) groups is 1. The molecule has 1 aliphatic heterocycles. The van der Waals surface area contributed by atoms with Gasteiger partial charge in [0.05, 0.1) is 11.9 Å². The zero-order valence-electron chi connectivity index (χ0n) is 14.3. The molecule has 2 atom stereocenters. The predicted octanol–water partition coefficient (Wildman–Crippen LogP) is 2.28. The average molecular weight is 357 g/mol. The van der Waals surface area contributed by atoms with Gasteiger partial charge < -0.3 is 15.8 Å². The first-order chi connectivity index (χ1) is 12.1. The molecule has 1 saturated heterocycles. The second-order valence-electron chi connectivity index (χ2n) is 6.01. The van der Waals surface area contributed by atoms with Gasteiger partial charge in [0, 0.05) is 18.3 Å². The maximum absolute atomic E-state index is 11.7. The van der Waals surface area contributed by atoms with Gasteiger partial charge in [-0.3, -0.25) is 9.78 Å². The standard InChI is InChI=1S/C19H23N3O2S/c1-2-13-3-6-15(21-12-13)9-10-24-16-7-4-14(5-8-16)11-17-18(23)22-19(20)25-17/h3-8,12,17,19H,2,9-11,20H2,1H3,(H,22,23)/t17-,19-/m1/s1. The van der Waals surface area contributed by atoms with Gasteiger partial charge in [-0.25, -0.2) is 0 Å². The van der Waals surface area contributed by atoms with Crippen LogP contribution < -0.4 is 15.8 Å². The largest absolute Gasteiger partial charge is 0.493 e. The number of rotatable bonds is 7. The molecule has 3 rings (SSSR count). The van der Waals surface area contributed by atoms with Gasteiger partial charge >= 0.3 is 0 Å². The van der Waals surface area contributed by atoms with E-state index in [1.165, 1.54) is 17.3 Å². The molecule has 1 aromatic carbocycles. The van der Waals surface area contributed by atoms with Gasteiger partial charge in [0.2, 0.25) is 5.91 Å². The third-order valence-corrected chi connectivity index (χ3v) is 5.27. The van der Waals surface area contributed by atoms with Crippen molar-refractivity contribution in [1.82, 2.24) is 10.3 Å². The predicted molar refractivity (Wildman–Crippen MR) is 100 cm³/mol. The Bertz CT molecular complexity index is 704. The molecule has 1 fully saturated rings. The van der Waals surface area contributed by atoms with Crippen LogP contribution in [0.4, 0.5) is 0 Å². The summed E-state index contributed by atoms with van der Waals surface area (Å²) in [5.41, 5.74) is 8.81. The van der Waals surface area contributed by atoms with Crippen molar-refractivity contribution in [3.63, 3.8) is 0 Å². The van der Waals surface area contributed by atoms with Crippen LogP contribution >= 0.6 is 11.8 Å². The third-order valence-electron chi connectivity index (χ3n) is 4.15. The molecule has 1 aliphatic rings. The fraction of sp³-hybridized carbons (Fsp3) is 0.368. The van der Waals surface area contributed by atoms with Crippen molar-refractivity contribution < 1.29 is 9.53 Å². The van der Waals surface area contributed by atoms with E-state index in [9.17, 15) is 4.79 Å². The number of nitrogens with one attached hydrogen (secondary N) is 1. The number of pyridine rings is 1. The summed E-state index contributed by atoms with van der Waals surface area (Å²) in [6.07, 6.45) is 4.39. The van der Waals surface area contributed by atoms with Crippen molar-refractivity contribution in [2.45, 2.75) is 36.9 Å². The van der Waals surface area contributed by atoms with Gasteiger partial charge in [0.15, 0.2) is 0 Å². The first-order valence-corrected chi connectivity index (χ1v) is 9.45. The van der Waals surface area contributed by atoms with Crippen molar-refractivity contribution in [1.29, 1.82) is 0 Å². The van der Waals surface area contributed by atoms with E-state index in [4.69, 9.17) is 10.5 Å². The summed E-state index contributed by atoms with van der Waals surface area (Å²) < 4.78 is 5.79. The summed E-state index contributed by atoms with van der Waals surface area (Å²) in [5.74, 6) is 0.841. The lowest BCUT2D eigenvalue weighted by molar-refractivity contribution is -0.120. The van der Waals surface area contributed by atoms with E-state index in [1.807, 2.05) is 30.5 Å². The minimum atomic E-state index is -0.292. The molecule has 132 valence electrons. The normalized spacial score (nSPS) is 19.7. The Labute approximate surface area is 152 Å². The van der Waals surface area contributed by atoms with Crippen LogP contribution in [0.5, 0.6) is 5.75 Å². The second kappa shape index (κ2) is 8.36. The van der Waals surface area contributed by atoms with Crippen LogP contribution in [0.3, 0.4) is 0 Å². The molecule has 0 aliphatic carbocycles. The molecule has 0 unspecified atom stereocenters. The first kappa shape index (κ1) is 17.8. The van der Waals surface area contributed by atoms with Gasteiger partial charge in [-0.15, -0.1) is 11.8 Å². The van der Waals surface area contributed by atoms with Crippen molar-refractivity contribution in [2.24, 2.45) is 5.73 Å². The van der Waals surface area contributed by atoms with Crippen LogP contribution in [0.15, 0.2) is 42.6 Å². The molecule has 3 N–H and O–H groups in total. The van der Waals surface area contributed by atoms with Crippen LogP contribution in [-0.4, -0.2) is 28.2 Å². The summed E-state index contributed by atoms with van der Waals surface area (Å²) in [6, 6.07) is 12.1. The molecule has 5 nitrogen and oxygen atoms in total. The number of benzene rings is 1. The lowest BCUT2D eigenvalue weighted by atomic mass is 10.1. The number of nitrogens with zero attached hydrogens (tertiary/aromatic N) is 1. The smallest absolute Gasteiger partial charge is 0.235 e. The highest BCUT2D eigenvalue weighted by Gasteiger charge is 2.30. The molecule has 0 spiro atoms. The van der Waals surface area contributed by atoms with Crippen LogP contribution in [0, 0.1) is 0 Å². The van der Waals surface area contributed by atoms with Crippen molar-refractivity contribution in [2.75, 3.05) is 6.61 Å². The quantitative estimate of drug-likeness (QED) is 0.795. The fourth-order valence-electron chi connectivity index (χ4n) is 2.67. The SMILES string of the molecule is CCc1ccc(CCOc2ccc(C[C@H]3S[C@H](N)NC3=O)cc2)nc1. The Balaban J connectivity index is 1.46. The number of amides is 1.